The minimum Gasteiger partial charge on any atom is -0.303 e. The molecule has 0 aliphatic carbocycles. The van der Waals surface area contributed by atoms with E-state index < -0.39 is 24.7 Å². The van der Waals surface area contributed by atoms with Crippen LogP contribution in [-0.2, 0) is 0 Å². The van der Waals surface area contributed by atoms with Crippen molar-refractivity contribution >= 4 is 23.1 Å². The van der Waals surface area contributed by atoms with Crippen molar-refractivity contribution in [3.8, 4) is 0 Å². The Morgan fingerprint density at radius 1 is 1.35 bits per heavy atom. The number of anilines is 1. The molecule has 1 amide bonds. The molecule has 20 heavy (non-hydrogen) atoms. The van der Waals surface area contributed by atoms with E-state index in [1.807, 2.05) is 0 Å². The van der Waals surface area contributed by atoms with Gasteiger partial charge in [0, 0.05) is 11.1 Å². The maximum absolute atomic E-state index is 12.9. The first kappa shape index (κ1) is 14.5. The Balaban J connectivity index is 2.35. The summed E-state index contributed by atoms with van der Waals surface area (Å²) in [4.78, 5) is 13.2. The molecule has 3 nitrogen and oxygen atoms in total. The van der Waals surface area contributed by atoms with Crippen LogP contribution in [0.1, 0.15) is 16.1 Å². The summed E-state index contributed by atoms with van der Waals surface area (Å²) in [6, 6.07) is 4.84. The molecule has 0 N–H and O–H groups in total. The van der Waals surface area contributed by atoms with Crippen LogP contribution in [0, 0.1) is 12.7 Å². The number of nitrogens with zero attached hydrogens (tertiary/aromatic N) is 2. The summed E-state index contributed by atoms with van der Waals surface area (Å²) in [5.41, 5.74) is 0.989. The molecule has 0 aliphatic heterocycles. The van der Waals surface area contributed by atoms with Crippen molar-refractivity contribution < 1.29 is 18.0 Å². The average molecular weight is 300 g/mol. The van der Waals surface area contributed by atoms with Gasteiger partial charge < -0.3 is 4.90 Å². The molecular formula is C13H11F3N2OS. The van der Waals surface area contributed by atoms with Gasteiger partial charge in [0.2, 0.25) is 0 Å². The van der Waals surface area contributed by atoms with E-state index in [2.05, 4.69) is 4.37 Å². The van der Waals surface area contributed by atoms with Gasteiger partial charge in [0.25, 0.3) is 12.3 Å². The SMILES string of the molecule is Cc1nscc1C(=O)N(CC(F)F)c1ccc(F)cc1. The van der Waals surface area contributed by atoms with E-state index in [0.29, 0.717) is 5.69 Å². The van der Waals surface area contributed by atoms with Crippen molar-refractivity contribution in [2.45, 2.75) is 13.3 Å². The number of benzene rings is 1. The molecule has 2 aromatic rings. The summed E-state index contributed by atoms with van der Waals surface area (Å²) in [5.74, 6) is -1.06. The molecule has 0 fully saturated rings. The monoisotopic (exact) mass is 300 g/mol. The number of carbonyl (C=O) groups is 1. The lowest BCUT2D eigenvalue weighted by molar-refractivity contribution is 0.0945. The third kappa shape index (κ3) is 3.16. The largest absolute Gasteiger partial charge is 0.303 e. The highest BCUT2D eigenvalue weighted by Crippen LogP contribution is 2.21. The summed E-state index contributed by atoms with van der Waals surface area (Å²) in [6.07, 6.45) is -2.68. The molecule has 0 unspecified atom stereocenters. The third-order valence-corrected chi connectivity index (χ3v) is 3.40. The summed E-state index contributed by atoms with van der Waals surface area (Å²) >= 11 is 1.08. The number of aryl methyl sites for hydroxylation is 1. The minimum atomic E-state index is -2.68. The molecule has 0 spiro atoms. The number of carbonyl (C=O) groups excluding carboxylic acids is 1. The summed E-state index contributed by atoms with van der Waals surface area (Å²) < 4.78 is 42.2. The molecule has 0 atom stereocenters. The molecule has 0 aliphatic rings. The Morgan fingerprint density at radius 2 is 2.00 bits per heavy atom. The highest BCUT2D eigenvalue weighted by atomic mass is 32.1. The first-order valence-corrected chi connectivity index (χ1v) is 6.59. The Morgan fingerprint density at radius 3 is 2.50 bits per heavy atom. The van der Waals surface area contributed by atoms with Crippen molar-refractivity contribution in [3.05, 3.63) is 46.7 Å². The normalized spacial score (nSPS) is 10.8. The molecule has 1 heterocycles. The predicted molar refractivity (Wildman–Crippen MR) is 70.9 cm³/mol. The number of hydrogen-bond acceptors (Lipinski definition) is 3. The van der Waals surface area contributed by atoms with Crippen LogP contribution in [0.15, 0.2) is 29.6 Å². The summed E-state index contributed by atoms with van der Waals surface area (Å²) in [5, 5.41) is 1.51. The van der Waals surface area contributed by atoms with E-state index in [-0.39, 0.29) is 11.3 Å². The van der Waals surface area contributed by atoms with Crippen molar-refractivity contribution in [1.82, 2.24) is 4.37 Å². The number of halogens is 3. The Labute approximate surface area is 117 Å². The van der Waals surface area contributed by atoms with Gasteiger partial charge in [-0.3, -0.25) is 4.79 Å². The van der Waals surface area contributed by atoms with Gasteiger partial charge in [0.1, 0.15) is 5.82 Å². The standard InChI is InChI=1S/C13H11F3N2OS/c1-8-11(7-20-17-8)13(19)18(6-12(15)16)10-4-2-9(14)3-5-10/h2-5,7,12H,6H2,1H3. The molecule has 1 aromatic carbocycles. The van der Waals surface area contributed by atoms with Crippen molar-refractivity contribution in [3.63, 3.8) is 0 Å². The highest BCUT2D eigenvalue weighted by Gasteiger charge is 2.23. The minimum absolute atomic E-state index is 0.224. The van der Waals surface area contributed by atoms with E-state index in [0.717, 1.165) is 28.6 Å². The Kier molecular flexibility index (Phi) is 4.39. The van der Waals surface area contributed by atoms with Gasteiger partial charge in [-0.2, -0.15) is 4.37 Å². The Hall–Kier alpha value is -1.89. The molecule has 0 bridgehead atoms. The number of amides is 1. The van der Waals surface area contributed by atoms with E-state index >= 15 is 0 Å². The van der Waals surface area contributed by atoms with E-state index in [1.165, 1.54) is 17.5 Å². The van der Waals surface area contributed by atoms with Crippen LogP contribution in [-0.4, -0.2) is 23.3 Å². The number of hydrogen-bond donors (Lipinski definition) is 0. The van der Waals surface area contributed by atoms with Gasteiger partial charge in [-0.15, -0.1) is 0 Å². The predicted octanol–water partition coefficient (Wildman–Crippen LogP) is 3.50. The second-order valence-electron chi connectivity index (χ2n) is 4.10. The van der Waals surface area contributed by atoms with Crippen LogP contribution in [0.25, 0.3) is 0 Å². The quantitative estimate of drug-likeness (QED) is 0.866. The fourth-order valence-corrected chi connectivity index (χ4v) is 2.39. The smallest absolute Gasteiger partial charge is 0.261 e. The topological polar surface area (TPSA) is 33.2 Å². The number of aromatic nitrogens is 1. The third-order valence-electron chi connectivity index (χ3n) is 2.68. The zero-order valence-electron chi connectivity index (χ0n) is 10.5. The second-order valence-corrected chi connectivity index (χ2v) is 4.73. The second kappa shape index (κ2) is 6.04. The maximum Gasteiger partial charge on any atom is 0.261 e. The molecule has 2 rings (SSSR count). The van der Waals surface area contributed by atoms with Crippen LogP contribution in [0.3, 0.4) is 0 Å². The van der Waals surface area contributed by atoms with Crippen molar-refractivity contribution in [1.29, 1.82) is 0 Å². The fraction of sp³-hybridized carbons (Fsp3) is 0.231. The first-order chi connectivity index (χ1) is 9.49. The van der Waals surface area contributed by atoms with Gasteiger partial charge in [-0.05, 0) is 42.7 Å². The van der Waals surface area contributed by atoms with Crippen LogP contribution in [0.5, 0.6) is 0 Å². The van der Waals surface area contributed by atoms with Gasteiger partial charge in [-0.25, -0.2) is 13.2 Å². The molecular weight excluding hydrogens is 289 g/mol. The highest BCUT2D eigenvalue weighted by molar-refractivity contribution is 7.04. The van der Waals surface area contributed by atoms with Gasteiger partial charge in [0.15, 0.2) is 0 Å². The molecule has 106 valence electrons. The van der Waals surface area contributed by atoms with Crippen molar-refractivity contribution in [2.75, 3.05) is 11.4 Å². The van der Waals surface area contributed by atoms with Crippen LogP contribution < -0.4 is 4.90 Å². The van der Waals surface area contributed by atoms with Crippen molar-refractivity contribution in [2.24, 2.45) is 0 Å². The van der Waals surface area contributed by atoms with Crippen LogP contribution >= 0.6 is 11.5 Å². The van der Waals surface area contributed by atoms with E-state index in [4.69, 9.17) is 0 Å². The molecule has 0 radical (unpaired) electrons. The summed E-state index contributed by atoms with van der Waals surface area (Å²) in [7, 11) is 0. The first-order valence-electron chi connectivity index (χ1n) is 5.75. The Bertz CT molecular complexity index is 598. The summed E-state index contributed by atoms with van der Waals surface area (Å²) in [6.45, 7) is 0.884. The lowest BCUT2D eigenvalue weighted by atomic mass is 10.2. The van der Waals surface area contributed by atoms with Crippen LogP contribution in [0.4, 0.5) is 18.9 Å². The molecule has 0 saturated heterocycles. The lowest BCUT2D eigenvalue weighted by Gasteiger charge is -2.22. The van der Waals surface area contributed by atoms with Gasteiger partial charge >= 0.3 is 0 Å². The molecule has 1 aromatic heterocycles. The lowest BCUT2D eigenvalue weighted by Crippen LogP contribution is -2.35. The van der Waals surface area contributed by atoms with Gasteiger partial charge in [-0.1, -0.05) is 0 Å². The zero-order chi connectivity index (χ0) is 14.7. The molecule has 7 heteroatoms. The van der Waals surface area contributed by atoms with E-state index in [9.17, 15) is 18.0 Å². The maximum atomic E-state index is 12.9. The number of alkyl halides is 2. The van der Waals surface area contributed by atoms with Crippen LogP contribution in [0.2, 0.25) is 0 Å². The zero-order valence-corrected chi connectivity index (χ0v) is 11.3. The van der Waals surface area contributed by atoms with E-state index in [1.54, 1.807) is 6.92 Å². The molecule has 0 saturated carbocycles. The fourth-order valence-electron chi connectivity index (χ4n) is 1.71. The van der Waals surface area contributed by atoms with Gasteiger partial charge in [0.05, 0.1) is 17.8 Å². The number of rotatable bonds is 4. The average Bonchev–Trinajstić information content (AvgIpc) is 2.82.